The largest absolute Gasteiger partial charge is 0.381 e. The molecule has 0 unspecified atom stereocenters. The van der Waals surface area contributed by atoms with Crippen molar-refractivity contribution >= 4 is 46.5 Å². The van der Waals surface area contributed by atoms with Gasteiger partial charge in [-0.1, -0.05) is 49.4 Å². The number of nitrogens with zero attached hydrogens (tertiary/aromatic N) is 4. The minimum absolute atomic E-state index is 0.0550. The van der Waals surface area contributed by atoms with Crippen molar-refractivity contribution in [3.05, 3.63) is 40.9 Å². The van der Waals surface area contributed by atoms with Crippen LogP contribution in [0.4, 0.5) is 17.6 Å². The van der Waals surface area contributed by atoms with E-state index in [2.05, 4.69) is 38.6 Å². The van der Waals surface area contributed by atoms with Crippen molar-refractivity contribution in [3.63, 3.8) is 0 Å². The molecule has 0 bridgehead atoms. The summed E-state index contributed by atoms with van der Waals surface area (Å²) in [5, 5.41) is 8.15. The number of nitrogens with one attached hydrogen (secondary N) is 2. The smallest absolute Gasteiger partial charge is 0.232 e. The summed E-state index contributed by atoms with van der Waals surface area (Å²) in [5.41, 5.74) is 1.21. The summed E-state index contributed by atoms with van der Waals surface area (Å²) in [6.45, 7) is 6.38. The molecule has 3 aliphatic rings. The Balaban J connectivity index is 1.32. The number of hydrogen-bond acceptors (Lipinski definition) is 6. The fraction of sp³-hybridized carbons (Fsp3) is 0.621. The molecule has 3 saturated heterocycles. The number of anilines is 3. The maximum atomic E-state index is 6.18. The molecule has 3 aliphatic heterocycles. The minimum Gasteiger partial charge on any atom is -0.381 e. The van der Waals surface area contributed by atoms with Crippen molar-refractivity contribution < 1.29 is 4.74 Å². The van der Waals surface area contributed by atoms with E-state index in [4.69, 9.17) is 38.5 Å². The molecule has 0 spiro atoms. The van der Waals surface area contributed by atoms with Gasteiger partial charge in [0.05, 0.1) is 0 Å². The summed E-state index contributed by atoms with van der Waals surface area (Å²) in [6, 6.07) is 10.4. The second kappa shape index (κ2) is 13.3. The molecule has 1 aromatic heterocycles. The highest BCUT2D eigenvalue weighted by Crippen LogP contribution is 2.35. The van der Waals surface area contributed by atoms with E-state index < -0.39 is 0 Å². The van der Waals surface area contributed by atoms with Gasteiger partial charge in [-0.05, 0) is 68.4 Å². The summed E-state index contributed by atoms with van der Waals surface area (Å²) >= 11 is 12.0. The van der Waals surface area contributed by atoms with Crippen LogP contribution in [0.5, 0.6) is 0 Å². The van der Waals surface area contributed by atoms with E-state index in [1.54, 1.807) is 0 Å². The molecule has 0 atom stereocenters. The highest BCUT2D eigenvalue weighted by Gasteiger charge is 2.34. The summed E-state index contributed by atoms with van der Waals surface area (Å²) in [6.07, 6.45) is 11.9. The molecule has 3 fully saturated rings. The molecule has 0 saturated carbocycles. The van der Waals surface area contributed by atoms with E-state index in [0.717, 1.165) is 68.9 Å². The van der Waals surface area contributed by atoms with Crippen molar-refractivity contribution in [2.24, 2.45) is 0 Å². The number of rotatable bonds is 6. The van der Waals surface area contributed by atoms with E-state index in [1.807, 2.05) is 12.1 Å². The maximum Gasteiger partial charge on any atom is 0.232 e. The molecular formula is C29H41ClN6OS. The summed E-state index contributed by atoms with van der Waals surface area (Å²) in [4.78, 5) is 14.8. The number of thiocarbonyl (C=S) groups is 1. The van der Waals surface area contributed by atoms with Crippen LogP contribution in [0.15, 0.2) is 30.3 Å². The maximum absolute atomic E-state index is 6.18. The minimum atomic E-state index is -0.0550. The van der Waals surface area contributed by atoms with Crippen LogP contribution in [0.2, 0.25) is 5.02 Å². The zero-order valence-electron chi connectivity index (χ0n) is 22.4. The molecule has 0 aliphatic carbocycles. The van der Waals surface area contributed by atoms with E-state index in [1.165, 1.54) is 56.9 Å². The zero-order valence-corrected chi connectivity index (χ0v) is 24.0. The van der Waals surface area contributed by atoms with Crippen molar-refractivity contribution in [2.45, 2.75) is 69.6 Å². The summed E-state index contributed by atoms with van der Waals surface area (Å²) in [5.74, 6) is 2.60. The Morgan fingerprint density at radius 1 is 0.842 bits per heavy atom. The van der Waals surface area contributed by atoms with Crippen molar-refractivity contribution in [1.82, 2.24) is 15.3 Å². The molecule has 38 heavy (non-hydrogen) atoms. The van der Waals surface area contributed by atoms with Crippen molar-refractivity contribution in [1.29, 1.82) is 0 Å². The van der Waals surface area contributed by atoms with Gasteiger partial charge in [0.2, 0.25) is 5.95 Å². The van der Waals surface area contributed by atoms with Gasteiger partial charge in [-0.15, -0.1) is 0 Å². The highest BCUT2D eigenvalue weighted by atomic mass is 35.5. The first-order valence-electron chi connectivity index (χ1n) is 14.4. The Morgan fingerprint density at radius 2 is 1.37 bits per heavy atom. The molecule has 2 aromatic rings. The van der Waals surface area contributed by atoms with Gasteiger partial charge in [0.15, 0.2) is 5.11 Å². The molecule has 7 nitrogen and oxygen atoms in total. The van der Waals surface area contributed by atoms with Gasteiger partial charge >= 0.3 is 0 Å². The van der Waals surface area contributed by atoms with Crippen LogP contribution in [-0.2, 0) is 10.2 Å². The Kier molecular flexibility index (Phi) is 9.57. The Hall–Kier alpha value is -2.16. The molecule has 9 heteroatoms. The van der Waals surface area contributed by atoms with Crippen LogP contribution >= 0.6 is 23.8 Å². The van der Waals surface area contributed by atoms with Gasteiger partial charge < -0.3 is 25.2 Å². The predicted octanol–water partition coefficient (Wildman–Crippen LogP) is 5.93. The van der Waals surface area contributed by atoms with Crippen molar-refractivity contribution in [2.75, 3.05) is 61.1 Å². The lowest BCUT2D eigenvalue weighted by atomic mass is 9.74. The topological polar surface area (TPSA) is 65.6 Å². The molecule has 1 aromatic carbocycles. The number of ether oxygens (including phenoxy) is 1. The van der Waals surface area contributed by atoms with Gasteiger partial charge in [0, 0.05) is 62.4 Å². The fourth-order valence-electron chi connectivity index (χ4n) is 5.93. The summed E-state index contributed by atoms with van der Waals surface area (Å²) in [7, 11) is 0. The molecule has 2 N–H and O–H groups in total. The summed E-state index contributed by atoms with van der Waals surface area (Å²) < 4.78 is 5.70. The first kappa shape index (κ1) is 27.4. The first-order valence-corrected chi connectivity index (χ1v) is 15.2. The standard InChI is InChI=1S/C29H41ClN6OS/c30-24-11-9-23(10-12-24)29(13-19-37-20-14-29)22-31-28(38)34-27-32-25(35-15-5-1-2-6-16-35)21-26(33-27)36-17-7-3-4-8-18-36/h9-12,21H,1-8,13-20,22H2,(H2,31,32,33,34,38). The number of hydrogen-bond donors (Lipinski definition) is 2. The van der Waals surface area contributed by atoms with Gasteiger partial charge in [-0.2, -0.15) is 9.97 Å². The fourth-order valence-corrected chi connectivity index (χ4v) is 6.22. The van der Waals surface area contributed by atoms with Crippen LogP contribution < -0.4 is 20.4 Å². The van der Waals surface area contributed by atoms with Gasteiger partial charge in [0.1, 0.15) is 11.6 Å². The monoisotopic (exact) mass is 556 g/mol. The third-order valence-corrected chi connectivity index (χ3v) is 8.78. The van der Waals surface area contributed by atoms with E-state index in [-0.39, 0.29) is 5.41 Å². The second-order valence-corrected chi connectivity index (χ2v) is 11.8. The quantitative estimate of drug-likeness (QED) is 0.425. The molecule has 206 valence electrons. The Labute approximate surface area is 237 Å². The Bertz CT molecular complexity index is 1010. The Morgan fingerprint density at radius 3 is 1.89 bits per heavy atom. The first-order chi connectivity index (χ1) is 18.6. The molecule has 5 rings (SSSR count). The average molecular weight is 557 g/mol. The molecule has 4 heterocycles. The predicted molar refractivity (Wildman–Crippen MR) is 161 cm³/mol. The molecule has 0 amide bonds. The average Bonchev–Trinajstić information content (AvgIpc) is 3.39. The normalized spacial score (nSPS) is 20.3. The van der Waals surface area contributed by atoms with E-state index in [9.17, 15) is 0 Å². The lowest BCUT2D eigenvalue weighted by molar-refractivity contribution is 0.0515. The van der Waals surface area contributed by atoms with E-state index in [0.29, 0.717) is 17.6 Å². The third kappa shape index (κ3) is 7.07. The van der Waals surface area contributed by atoms with Crippen LogP contribution in [0, 0.1) is 0 Å². The van der Waals surface area contributed by atoms with Gasteiger partial charge in [-0.25, -0.2) is 0 Å². The van der Waals surface area contributed by atoms with Crippen LogP contribution in [0.1, 0.15) is 69.8 Å². The SMILES string of the molecule is S=C(NCC1(c2ccc(Cl)cc2)CCOCC1)Nc1nc(N2CCCCCC2)cc(N2CCCCCC2)n1. The highest BCUT2D eigenvalue weighted by molar-refractivity contribution is 7.80. The van der Waals surface area contributed by atoms with Crippen molar-refractivity contribution in [3.8, 4) is 0 Å². The molecular weight excluding hydrogens is 516 g/mol. The number of halogens is 1. The number of benzene rings is 1. The lowest BCUT2D eigenvalue weighted by Crippen LogP contribution is -2.45. The lowest BCUT2D eigenvalue weighted by Gasteiger charge is -2.38. The van der Waals surface area contributed by atoms with Gasteiger partial charge in [-0.3, -0.25) is 0 Å². The van der Waals surface area contributed by atoms with Crippen LogP contribution in [-0.4, -0.2) is 61.0 Å². The second-order valence-electron chi connectivity index (χ2n) is 10.9. The van der Waals surface area contributed by atoms with Gasteiger partial charge in [0.25, 0.3) is 0 Å². The van der Waals surface area contributed by atoms with E-state index >= 15 is 0 Å². The third-order valence-electron chi connectivity index (χ3n) is 8.28. The number of aromatic nitrogens is 2. The zero-order chi connectivity index (χ0) is 26.2. The van der Waals surface area contributed by atoms with Crippen LogP contribution in [0.25, 0.3) is 0 Å². The molecule has 0 radical (unpaired) electrons. The van der Waals surface area contributed by atoms with Crippen LogP contribution in [0.3, 0.4) is 0 Å².